The van der Waals surface area contributed by atoms with Crippen molar-refractivity contribution in [3.05, 3.63) is 18.5 Å². The molecule has 1 heterocycles. The van der Waals surface area contributed by atoms with Crippen molar-refractivity contribution < 1.29 is 0 Å². The van der Waals surface area contributed by atoms with E-state index >= 15 is 0 Å². The Kier molecular flexibility index (Phi) is 1.47. The number of hydrogen-bond donors (Lipinski definition) is 2. The minimum atomic E-state index is 0.291. The lowest BCUT2D eigenvalue weighted by atomic mass is 10.6. The first kappa shape index (κ1) is 6.54. The summed E-state index contributed by atoms with van der Waals surface area (Å²) in [5.41, 5.74) is 5.60. The van der Waals surface area contributed by atoms with Gasteiger partial charge in [0.2, 0.25) is 5.95 Å². The largest absolute Gasteiger partial charge is 0.350 e. The first-order chi connectivity index (χ1) is 5.36. The molecule has 0 saturated heterocycles. The van der Waals surface area contributed by atoms with E-state index in [2.05, 4.69) is 15.3 Å². The Morgan fingerprint density at radius 3 is 2.64 bits per heavy atom. The van der Waals surface area contributed by atoms with Crippen LogP contribution in [0.2, 0.25) is 0 Å². The summed E-state index contributed by atoms with van der Waals surface area (Å²) in [5.74, 6) is 0.672. The molecule has 1 aliphatic carbocycles. The van der Waals surface area contributed by atoms with Crippen LogP contribution in [0.5, 0.6) is 0 Å². The molecule has 1 aromatic heterocycles. The van der Waals surface area contributed by atoms with E-state index in [9.17, 15) is 0 Å². The lowest BCUT2D eigenvalue weighted by Gasteiger charge is -1.99. The smallest absolute Gasteiger partial charge is 0.222 e. The summed E-state index contributed by atoms with van der Waals surface area (Å²) >= 11 is 0. The Labute approximate surface area is 64.8 Å². The topological polar surface area (TPSA) is 63.8 Å². The van der Waals surface area contributed by atoms with Crippen molar-refractivity contribution in [1.29, 1.82) is 0 Å². The van der Waals surface area contributed by atoms with Crippen molar-refractivity contribution in [2.24, 2.45) is 5.73 Å². The first-order valence-electron chi connectivity index (χ1n) is 3.65. The fourth-order valence-corrected chi connectivity index (χ4v) is 0.920. The van der Waals surface area contributed by atoms with Gasteiger partial charge < -0.3 is 11.1 Å². The van der Waals surface area contributed by atoms with Crippen LogP contribution >= 0.6 is 0 Å². The zero-order chi connectivity index (χ0) is 7.68. The Hall–Kier alpha value is -1.16. The van der Waals surface area contributed by atoms with Crippen LogP contribution in [0.3, 0.4) is 0 Å². The second kappa shape index (κ2) is 2.47. The maximum Gasteiger partial charge on any atom is 0.222 e. The summed E-state index contributed by atoms with van der Waals surface area (Å²) in [6.07, 6.45) is 4.45. The number of hydrogen-bond acceptors (Lipinski definition) is 4. The Morgan fingerprint density at radius 2 is 2.09 bits per heavy atom. The molecule has 0 aliphatic heterocycles. The van der Waals surface area contributed by atoms with Crippen LogP contribution < -0.4 is 11.1 Å². The quantitative estimate of drug-likeness (QED) is 0.622. The van der Waals surface area contributed by atoms with E-state index in [4.69, 9.17) is 5.73 Å². The highest BCUT2D eigenvalue weighted by Gasteiger charge is 2.33. The minimum absolute atomic E-state index is 0.291. The average Bonchev–Trinajstić information content (AvgIpc) is 2.69. The van der Waals surface area contributed by atoms with E-state index < -0.39 is 0 Å². The minimum Gasteiger partial charge on any atom is -0.350 e. The van der Waals surface area contributed by atoms with Gasteiger partial charge in [0.05, 0.1) is 0 Å². The average molecular weight is 150 g/mol. The second-order valence-electron chi connectivity index (χ2n) is 2.72. The number of nitrogens with two attached hydrogens (primary N) is 1. The van der Waals surface area contributed by atoms with Crippen LogP contribution in [0.25, 0.3) is 0 Å². The van der Waals surface area contributed by atoms with Crippen LogP contribution in [0.1, 0.15) is 6.42 Å². The van der Waals surface area contributed by atoms with Crippen molar-refractivity contribution in [1.82, 2.24) is 9.97 Å². The molecule has 0 bridgehead atoms. The second-order valence-corrected chi connectivity index (χ2v) is 2.72. The molecule has 11 heavy (non-hydrogen) atoms. The van der Waals surface area contributed by atoms with Crippen LogP contribution in [-0.2, 0) is 0 Å². The Morgan fingerprint density at radius 1 is 1.45 bits per heavy atom. The molecule has 2 rings (SSSR count). The predicted octanol–water partition coefficient (Wildman–Crippen LogP) is -0.0119. The normalized spacial score (nSPS) is 28.1. The molecule has 0 aromatic carbocycles. The van der Waals surface area contributed by atoms with Gasteiger partial charge in [-0.15, -0.1) is 0 Å². The molecule has 1 aliphatic rings. The summed E-state index contributed by atoms with van der Waals surface area (Å²) in [4.78, 5) is 8.03. The van der Waals surface area contributed by atoms with Gasteiger partial charge in [0, 0.05) is 24.5 Å². The predicted molar refractivity (Wildman–Crippen MR) is 42.0 cm³/mol. The molecule has 1 saturated carbocycles. The molecule has 4 heteroatoms. The van der Waals surface area contributed by atoms with Crippen LogP contribution in [-0.4, -0.2) is 22.1 Å². The van der Waals surface area contributed by atoms with Crippen molar-refractivity contribution >= 4 is 5.95 Å². The van der Waals surface area contributed by atoms with E-state index in [0.717, 1.165) is 6.42 Å². The van der Waals surface area contributed by atoms with Crippen LogP contribution in [0.4, 0.5) is 5.95 Å². The van der Waals surface area contributed by atoms with Gasteiger partial charge in [-0.3, -0.25) is 0 Å². The Balaban J connectivity index is 1.97. The summed E-state index contributed by atoms with van der Waals surface area (Å²) in [6.45, 7) is 0. The number of nitrogens with zero attached hydrogens (tertiary/aromatic N) is 2. The zero-order valence-corrected chi connectivity index (χ0v) is 6.07. The monoisotopic (exact) mass is 150 g/mol. The van der Waals surface area contributed by atoms with Gasteiger partial charge in [0.15, 0.2) is 0 Å². The molecule has 0 radical (unpaired) electrons. The summed E-state index contributed by atoms with van der Waals surface area (Å²) < 4.78 is 0. The molecule has 2 unspecified atom stereocenters. The number of aromatic nitrogens is 2. The highest BCUT2D eigenvalue weighted by atomic mass is 15.1. The van der Waals surface area contributed by atoms with E-state index in [0.29, 0.717) is 18.0 Å². The molecule has 0 amide bonds. The fraction of sp³-hybridized carbons (Fsp3) is 0.429. The third-order valence-electron chi connectivity index (χ3n) is 1.72. The van der Waals surface area contributed by atoms with E-state index in [1.807, 2.05) is 0 Å². The molecular formula is C7H10N4. The van der Waals surface area contributed by atoms with Gasteiger partial charge in [-0.1, -0.05) is 0 Å². The van der Waals surface area contributed by atoms with Crippen molar-refractivity contribution in [2.75, 3.05) is 5.32 Å². The fourth-order valence-electron chi connectivity index (χ4n) is 0.920. The van der Waals surface area contributed by atoms with Crippen molar-refractivity contribution in [3.63, 3.8) is 0 Å². The molecule has 1 fully saturated rings. The SMILES string of the molecule is NC1CC1Nc1ncccn1. The molecular weight excluding hydrogens is 140 g/mol. The molecule has 58 valence electrons. The molecule has 4 nitrogen and oxygen atoms in total. The number of anilines is 1. The zero-order valence-electron chi connectivity index (χ0n) is 6.07. The number of rotatable bonds is 2. The van der Waals surface area contributed by atoms with Gasteiger partial charge in [0.25, 0.3) is 0 Å². The summed E-state index contributed by atoms with van der Waals surface area (Å²) in [7, 11) is 0. The summed E-state index contributed by atoms with van der Waals surface area (Å²) in [5, 5.41) is 3.12. The maximum absolute atomic E-state index is 5.60. The lowest BCUT2D eigenvalue weighted by molar-refractivity contribution is 0.977. The first-order valence-corrected chi connectivity index (χ1v) is 3.65. The van der Waals surface area contributed by atoms with Crippen LogP contribution in [0, 0.1) is 0 Å². The summed E-state index contributed by atoms with van der Waals surface area (Å²) in [6, 6.07) is 2.47. The maximum atomic E-state index is 5.60. The van der Waals surface area contributed by atoms with Crippen LogP contribution in [0.15, 0.2) is 18.5 Å². The highest BCUT2D eigenvalue weighted by molar-refractivity contribution is 5.29. The van der Waals surface area contributed by atoms with Gasteiger partial charge in [-0.2, -0.15) is 0 Å². The van der Waals surface area contributed by atoms with Crippen molar-refractivity contribution in [2.45, 2.75) is 18.5 Å². The van der Waals surface area contributed by atoms with Gasteiger partial charge in [0.1, 0.15) is 0 Å². The standard InChI is InChI=1S/C7H10N4/c8-5-4-6(5)11-7-9-2-1-3-10-7/h1-3,5-6H,4,8H2,(H,9,10,11). The molecule has 2 atom stereocenters. The molecule has 1 aromatic rings. The third-order valence-corrected chi connectivity index (χ3v) is 1.72. The van der Waals surface area contributed by atoms with Gasteiger partial charge in [-0.25, -0.2) is 9.97 Å². The third kappa shape index (κ3) is 1.46. The van der Waals surface area contributed by atoms with E-state index in [1.54, 1.807) is 18.5 Å². The Bertz CT molecular complexity index is 235. The van der Waals surface area contributed by atoms with Crippen molar-refractivity contribution in [3.8, 4) is 0 Å². The van der Waals surface area contributed by atoms with E-state index in [1.165, 1.54) is 0 Å². The van der Waals surface area contributed by atoms with E-state index in [-0.39, 0.29) is 0 Å². The number of nitrogens with one attached hydrogen (secondary N) is 1. The lowest BCUT2D eigenvalue weighted by Crippen LogP contribution is -2.14. The van der Waals surface area contributed by atoms with Gasteiger partial charge in [-0.05, 0) is 12.5 Å². The highest BCUT2D eigenvalue weighted by Crippen LogP contribution is 2.21. The molecule has 3 N–H and O–H groups in total. The van der Waals surface area contributed by atoms with Gasteiger partial charge >= 0.3 is 0 Å². The molecule has 0 spiro atoms.